The number of hydrogen-bond acceptors (Lipinski definition) is 4. The van der Waals surface area contributed by atoms with Crippen LogP contribution in [0.1, 0.15) is 47.0 Å². The zero-order valence-corrected chi connectivity index (χ0v) is 19.0. The number of aliphatic hydroxyl groups excluding tert-OH is 1. The first kappa shape index (κ1) is 23.0. The van der Waals surface area contributed by atoms with Crippen molar-refractivity contribution < 1.29 is 13.5 Å². The monoisotopic (exact) mass is 487 g/mol. The molecule has 2 fully saturated rings. The van der Waals surface area contributed by atoms with Crippen molar-refractivity contribution >= 4 is 39.8 Å². The molecule has 0 aliphatic carbocycles. The average Bonchev–Trinajstić information content (AvgIpc) is 2.85. The third-order valence-electron chi connectivity index (χ3n) is 5.29. The molecule has 0 radical (unpaired) electrons. The largest absolute Gasteiger partial charge is 0.392 e. The fraction of sp³-hybridized carbons (Fsp3) is 0.941. The molecule has 0 aromatic carbocycles. The van der Waals surface area contributed by atoms with Crippen molar-refractivity contribution in [3.05, 3.63) is 0 Å². The van der Waals surface area contributed by atoms with Crippen LogP contribution >= 0.6 is 24.0 Å². The van der Waals surface area contributed by atoms with Crippen molar-refractivity contribution in [2.75, 3.05) is 31.1 Å². The Morgan fingerprint density at radius 3 is 2.60 bits per heavy atom. The fourth-order valence-electron chi connectivity index (χ4n) is 3.32. The molecule has 0 amide bonds. The summed E-state index contributed by atoms with van der Waals surface area (Å²) >= 11 is 0. The second-order valence-corrected chi connectivity index (χ2v) is 10.3. The summed E-state index contributed by atoms with van der Waals surface area (Å²) in [6.07, 6.45) is 2.15. The van der Waals surface area contributed by atoms with Gasteiger partial charge in [0.15, 0.2) is 15.8 Å². The Hall–Kier alpha value is -0.0900. The van der Waals surface area contributed by atoms with Crippen molar-refractivity contribution in [1.29, 1.82) is 0 Å². The van der Waals surface area contributed by atoms with Gasteiger partial charge in [-0.2, -0.15) is 0 Å². The van der Waals surface area contributed by atoms with E-state index in [9.17, 15) is 13.5 Å². The Labute approximate surface area is 169 Å². The standard InChI is InChI=1S/C17H33N3O3S.HI/c1-5-13(2)19-16(18-10-14-7-9-24(22,23)11-14)20-8-6-15(21)17(3,4)12-20;/h13-15,21H,5-12H2,1-4H3,(H,18,19);1H. The minimum atomic E-state index is -2.86. The van der Waals surface area contributed by atoms with E-state index in [0.29, 0.717) is 24.8 Å². The number of piperidine rings is 1. The first-order valence-corrected chi connectivity index (χ1v) is 10.9. The zero-order valence-electron chi connectivity index (χ0n) is 15.9. The van der Waals surface area contributed by atoms with E-state index in [4.69, 9.17) is 4.99 Å². The number of rotatable bonds is 4. The lowest BCUT2D eigenvalue weighted by Gasteiger charge is -2.43. The summed E-state index contributed by atoms with van der Waals surface area (Å²) in [5.74, 6) is 1.54. The topological polar surface area (TPSA) is 82.0 Å². The van der Waals surface area contributed by atoms with Gasteiger partial charge < -0.3 is 15.3 Å². The zero-order chi connectivity index (χ0) is 18.0. The molecule has 0 aromatic rings. The lowest BCUT2D eigenvalue weighted by molar-refractivity contribution is -0.00519. The molecule has 6 nitrogen and oxygen atoms in total. The summed E-state index contributed by atoms with van der Waals surface area (Å²) < 4.78 is 23.3. The predicted molar refractivity (Wildman–Crippen MR) is 113 cm³/mol. The second-order valence-electron chi connectivity index (χ2n) is 8.10. The molecule has 3 unspecified atom stereocenters. The molecule has 2 aliphatic rings. The van der Waals surface area contributed by atoms with Crippen LogP contribution in [-0.4, -0.2) is 67.7 Å². The van der Waals surface area contributed by atoms with Crippen LogP contribution in [0.4, 0.5) is 0 Å². The number of sulfone groups is 1. The van der Waals surface area contributed by atoms with Crippen LogP contribution in [-0.2, 0) is 9.84 Å². The first-order chi connectivity index (χ1) is 11.1. The summed E-state index contributed by atoms with van der Waals surface area (Å²) in [5.41, 5.74) is -0.174. The third-order valence-corrected chi connectivity index (χ3v) is 7.12. The maximum atomic E-state index is 11.6. The van der Waals surface area contributed by atoms with E-state index in [2.05, 4.69) is 37.9 Å². The van der Waals surface area contributed by atoms with E-state index in [1.54, 1.807) is 0 Å². The van der Waals surface area contributed by atoms with Crippen molar-refractivity contribution in [2.24, 2.45) is 16.3 Å². The van der Waals surface area contributed by atoms with E-state index in [0.717, 1.165) is 31.9 Å². The Kier molecular flexibility index (Phi) is 8.46. The van der Waals surface area contributed by atoms with Crippen molar-refractivity contribution in [3.8, 4) is 0 Å². The number of hydrogen-bond donors (Lipinski definition) is 2. The lowest BCUT2D eigenvalue weighted by Crippen LogP contribution is -2.55. The molecule has 2 N–H and O–H groups in total. The Morgan fingerprint density at radius 2 is 2.08 bits per heavy atom. The van der Waals surface area contributed by atoms with Crippen LogP contribution in [0.5, 0.6) is 0 Å². The average molecular weight is 487 g/mol. The van der Waals surface area contributed by atoms with Crippen LogP contribution in [0.3, 0.4) is 0 Å². The summed E-state index contributed by atoms with van der Waals surface area (Å²) in [4.78, 5) is 6.97. The highest BCUT2D eigenvalue weighted by Crippen LogP contribution is 2.29. The summed E-state index contributed by atoms with van der Waals surface area (Å²) in [5, 5.41) is 13.6. The minimum absolute atomic E-state index is 0. The highest BCUT2D eigenvalue weighted by atomic mass is 127. The van der Waals surface area contributed by atoms with Crippen LogP contribution < -0.4 is 5.32 Å². The maximum Gasteiger partial charge on any atom is 0.194 e. The van der Waals surface area contributed by atoms with Gasteiger partial charge >= 0.3 is 0 Å². The van der Waals surface area contributed by atoms with E-state index in [1.807, 2.05) is 0 Å². The normalized spacial score (nSPS) is 29.8. The highest BCUT2D eigenvalue weighted by Gasteiger charge is 2.36. The Bertz CT molecular complexity index is 565. The van der Waals surface area contributed by atoms with Crippen molar-refractivity contribution in [2.45, 2.75) is 59.1 Å². The molecular weight excluding hydrogens is 453 g/mol. The van der Waals surface area contributed by atoms with Gasteiger partial charge in [0.2, 0.25) is 0 Å². The van der Waals surface area contributed by atoms with Gasteiger partial charge in [0.1, 0.15) is 0 Å². The van der Waals surface area contributed by atoms with Crippen LogP contribution in [0.25, 0.3) is 0 Å². The fourth-order valence-corrected chi connectivity index (χ4v) is 5.17. The Morgan fingerprint density at radius 1 is 1.40 bits per heavy atom. The predicted octanol–water partition coefficient (Wildman–Crippen LogP) is 1.88. The quantitative estimate of drug-likeness (QED) is 0.360. The molecule has 3 atom stereocenters. The highest BCUT2D eigenvalue weighted by molar-refractivity contribution is 14.0. The van der Waals surface area contributed by atoms with Crippen molar-refractivity contribution in [3.63, 3.8) is 0 Å². The summed E-state index contributed by atoms with van der Waals surface area (Å²) in [6, 6.07) is 0.311. The number of aliphatic imine (C=N–C) groups is 1. The van der Waals surface area contributed by atoms with Gasteiger partial charge in [0, 0.05) is 31.1 Å². The molecule has 8 heteroatoms. The van der Waals surface area contributed by atoms with E-state index < -0.39 is 9.84 Å². The number of aliphatic hydroxyl groups is 1. The van der Waals surface area contributed by atoms with Crippen LogP contribution in [0.15, 0.2) is 4.99 Å². The lowest BCUT2D eigenvalue weighted by atomic mass is 9.81. The summed E-state index contributed by atoms with van der Waals surface area (Å²) in [7, 11) is -2.86. The second kappa shape index (κ2) is 9.21. The van der Waals surface area contributed by atoms with Gasteiger partial charge in [-0.15, -0.1) is 24.0 Å². The van der Waals surface area contributed by atoms with Gasteiger partial charge in [-0.1, -0.05) is 20.8 Å². The van der Waals surface area contributed by atoms with Crippen molar-refractivity contribution in [1.82, 2.24) is 10.2 Å². The van der Waals surface area contributed by atoms with E-state index in [-0.39, 0.29) is 47.2 Å². The smallest absolute Gasteiger partial charge is 0.194 e. The molecule has 2 aliphatic heterocycles. The molecular formula is C17H34IN3O3S. The summed E-state index contributed by atoms with van der Waals surface area (Å²) in [6.45, 7) is 10.5. The van der Waals surface area contributed by atoms with Gasteiger partial charge in [-0.3, -0.25) is 4.99 Å². The van der Waals surface area contributed by atoms with Gasteiger partial charge in [-0.05, 0) is 32.1 Å². The molecule has 0 aromatic heterocycles. The van der Waals surface area contributed by atoms with E-state index in [1.165, 1.54) is 0 Å². The molecule has 0 saturated carbocycles. The third kappa shape index (κ3) is 6.53. The van der Waals surface area contributed by atoms with E-state index >= 15 is 0 Å². The van der Waals surface area contributed by atoms with Crippen LogP contribution in [0, 0.1) is 11.3 Å². The van der Waals surface area contributed by atoms with Gasteiger partial charge in [0.05, 0.1) is 17.6 Å². The van der Waals surface area contributed by atoms with Gasteiger partial charge in [0.25, 0.3) is 0 Å². The molecule has 0 spiro atoms. The van der Waals surface area contributed by atoms with Gasteiger partial charge in [-0.25, -0.2) is 8.42 Å². The number of nitrogens with zero attached hydrogens (tertiary/aromatic N) is 2. The van der Waals surface area contributed by atoms with Crippen LogP contribution in [0.2, 0.25) is 0 Å². The maximum absolute atomic E-state index is 11.6. The number of likely N-dealkylation sites (tertiary alicyclic amines) is 1. The Balaban J connectivity index is 0.00000312. The number of halogens is 1. The minimum Gasteiger partial charge on any atom is -0.392 e. The number of nitrogens with one attached hydrogen (secondary N) is 1. The molecule has 25 heavy (non-hydrogen) atoms. The molecule has 2 rings (SSSR count). The SMILES string of the molecule is CCC(C)NC(=NCC1CCS(=O)(=O)C1)N1CCC(O)C(C)(C)C1.I. The molecule has 2 heterocycles. The number of guanidine groups is 1. The molecule has 0 bridgehead atoms. The molecule has 2 saturated heterocycles. The first-order valence-electron chi connectivity index (χ1n) is 9.07. The molecule has 148 valence electrons.